The number of aromatic amines is 1. The Bertz CT molecular complexity index is 783. The monoisotopic (exact) mass is 371 g/mol. The summed E-state index contributed by atoms with van der Waals surface area (Å²) in [4.78, 5) is 30.2. The van der Waals surface area contributed by atoms with Crippen molar-refractivity contribution >= 4 is 32.9 Å². The highest BCUT2D eigenvalue weighted by Crippen LogP contribution is 2.19. The summed E-state index contributed by atoms with van der Waals surface area (Å²) in [5.41, 5.74) is -0.758. The van der Waals surface area contributed by atoms with Gasteiger partial charge in [-0.1, -0.05) is 0 Å². The Balaban J connectivity index is 2.21. The van der Waals surface area contributed by atoms with Crippen molar-refractivity contribution < 1.29 is 13.9 Å². The Morgan fingerprint density at radius 3 is 2.77 bits per heavy atom. The molecule has 0 radical (unpaired) electrons. The van der Waals surface area contributed by atoms with Gasteiger partial charge < -0.3 is 15.0 Å². The molecule has 118 valence electrons. The predicted octanol–water partition coefficient (Wildman–Crippen LogP) is 2.85. The van der Waals surface area contributed by atoms with Gasteiger partial charge in [0, 0.05) is 0 Å². The molecule has 0 aliphatic heterocycles. The second-order valence-corrected chi connectivity index (χ2v) is 6.51. The van der Waals surface area contributed by atoms with Crippen molar-refractivity contribution in [1.82, 2.24) is 15.3 Å². The molecule has 1 aromatic heterocycles. The maximum Gasteiger partial charge on any atom is 0.408 e. The van der Waals surface area contributed by atoms with Crippen LogP contribution in [0.25, 0.3) is 10.9 Å². The Morgan fingerprint density at radius 2 is 2.14 bits per heavy atom. The molecule has 22 heavy (non-hydrogen) atoms. The molecule has 1 aromatic carbocycles. The van der Waals surface area contributed by atoms with Gasteiger partial charge in [0.05, 0.1) is 21.9 Å². The SMILES string of the molecule is CC(C)(C)OC(=O)NCc1nc2cc(Br)c(F)cc2c(=O)[nH]1. The number of carbonyl (C=O) groups excluding carboxylic acids is 1. The maximum absolute atomic E-state index is 13.4. The molecule has 0 aliphatic rings. The van der Waals surface area contributed by atoms with E-state index in [0.29, 0.717) is 5.52 Å². The number of rotatable bonds is 2. The zero-order chi connectivity index (χ0) is 16.5. The van der Waals surface area contributed by atoms with Gasteiger partial charge in [0.2, 0.25) is 0 Å². The molecule has 6 nitrogen and oxygen atoms in total. The van der Waals surface area contributed by atoms with Gasteiger partial charge in [-0.3, -0.25) is 4.79 Å². The molecule has 2 rings (SSSR count). The number of carbonyl (C=O) groups is 1. The molecular formula is C14H15BrFN3O3. The lowest BCUT2D eigenvalue weighted by Crippen LogP contribution is -2.33. The lowest BCUT2D eigenvalue weighted by Gasteiger charge is -2.19. The predicted molar refractivity (Wildman–Crippen MR) is 83.1 cm³/mol. The highest BCUT2D eigenvalue weighted by molar-refractivity contribution is 9.10. The summed E-state index contributed by atoms with van der Waals surface area (Å²) in [6.45, 7) is 5.23. The summed E-state index contributed by atoms with van der Waals surface area (Å²) in [7, 11) is 0. The number of halogens is 2. The molecule has 1 heterocycles. The molecule has 0 atom stereocenters. The van der Waals surface area contributed by atoms with E-state index in [1.54, 1.807) is 20.8 Å². The number of hydrogen-bond donors (Lipinski definition) is 2. The van der Waals surface area contributed by atoms with E-state index < -0.39 is 23.1 Å². The van der Waals surface area contributed by atoms with Crippen LogP contribution in [-0.4, -0.2) is 21.7 Å². The smallest absolute Gasteiger partial charge is 0.408 e. The average Bonchev–Trinajstić information content (AvgIpc) is 2.37. The molecule has 0 saturated carbocycles. The zero-order valence-electron chi connectivity index (χ0n) is 12.3. The second kappa shape index (κ2) is 6.04. The van der Waals surface area contributed by atoms with Gasteiger partial charge >= 0.3 is 6.09 Å². The lowest BCUT2D eigenvalue weighted by atomic mass is 10.2. The first-order chi connectivity index (χ1) is 10.2. The first kappa shape index (κ1) is 16.4. The van der Waals surface area contributed by atoms with Crippen molar-refractivity contribution in [2.24, 2.45) is 0 Å². The van der Waals surface area contributed by atoms with Crippen LogP contribution in [0, 0.1) is 5.82 Å². The fourth-order valence-electron chi connectivity index (χ4n) is 1.74. The Kier molecular flexibility index (Phi) is 4.50. The first-order valence-corrected chi connectivity index (χ1v) is 7.30. The number of nitrogens with zero attached hydrogens (tertiary/aromatic N) is 1. The normalized spacial score (nSPS) is 11.5. The Hall–Kier alpha value is -1.96. The van der Waals surface area contributed by atoms with Crippen molar-refractivity contribution in [3.8, 4) is 0 Å². The van der Waals surface area contributed by atoms with Crippen LogP contribution in [0.1, 0.15) is 26.6 Å². The molecule has 1 amide bonds. The molecule has 2 N–H and O–H groups in total. The van der Waals surface area contributed by atoms with E-state index in [0.717, 1.165) is 6.07 Å². The molecule has 0 aliphatic carbocycles. The number of amides is 1. The zero-order valence-corrected chi connectivity index (χ0v) is 13.9. The molecule has 0 saturated heterocycles. The largest absolute Gasteiger partial charge is 0.444 e. The van der Waals surface area contributed by atoms with Gasteiger partial charge in [-0.2, -0.15) is 0 Å². The van der Waals surface area contributed by atoms with E-state index in [1.165, 1.54) is 6.07 Å². The summed E-state index contributed by atoms with van der Waals surface area (Å²) < 4.78 is 18.7. The summed E-state index contributed by atoms with van der Waals surface area (Å²) in [6.07, 6.45) is -0.615. The highest BCUT2D eigenvalue weighted by atomic mass is 79.9. The minimum absolute atomic E-state index is 0.00487. The van der Waals surface area contributed by atoms with Crippen molar-refractivity contribution in [3.05, 3.63) is 38.6 Å². The fraction of sp³-hybridized carbons (Fsp3) is 0.357. The van der Waals surface area contributed by atoms with E-state index in [1.807, 2.05) is 0 Å². The lowest BCUT2D eigenvalue weighted by molar-refractivity contribution is 0.0522. The topological polar surface area (TPSA) is 84.1 Å². The van der Waals surface area contributed by atoms with Gasteiger partial charge in [0.1, 0.15) is 17.2 Å². The Labute approximate surface area is 134 Å². The van der Waals surface area contributed by atoms with Crippen LogP contribution in [0.15, 0.2) is 21.4 Å². The van der Waals surface area contributed by atoms with Crippen molar-refractivity contribution in [2.75, 3.05) is 0 Å². The Morgan fingerprint density at radius 1 is 1.45 bits per heavy atom. The maximum atomic E-state index is 13.4. The van der Waals surface area contributed by atoms with Crippen LogP contribution in [-0.2, 0) is 11.3 Å². The average molecular weight is 372 g/mol. The van der Waals surface area contributed by atoms with Gasteiger partial charge in [0.25, 0.3) is 5.56 Å². The molecule has 0 bridgehead atoms. The minimum atomic E-state index is -0.615. The number of H-pyrrole nitrogens is 1. The third-order valence-corrected chi connectivity index (χ3v) is 3.20. The fourth-order valence-corrected chi connectivity index (χ4v) is 2.07. The summed E-state index contributed by atoms with van der Waals surface area (Å²) >= 11 is 3.04. The summed E-state index contributed by atoms with van der Waals surface area (Å²) in [5.74, 6) is -0.290. The number of ether oxygens (including phenoxy) is 1. The molecule has 0 spiro atoms. The third kappa shape index (κ3) is 4.03. The number of nitrogens with one attached hydrogen (secondary N) is 2. The van der Waals surface area contributed by atoms with Crippen molar-refractivity contribution in [2.45, 2.75) is 32.9 Å². The van der Waals surface area contributed by atoms with Gasteiger partial charge in [-0.05, 0) is 48.8 Å². The number of fused-ring (bicyclic) bond motifs is 1. The van der Waals surface area contributed by atoms with Crippen LogP contribution in [0.5, 0.6) is 0 Å². The van der Waals surface area contributed by atoms with E-state index in [4.69, 9.17) is 4.74 Å². The third-order valence-electron chi connectivity index (χ3n) is 2.60. The van der Waals surface area contributed by atoms with E-state index in [-0.39, 0.29) is 22.2 Å². The van der Waals surface area contributed by atoms with Crippen LogP contribution in [0.2, 0.25) is 0 Å². The van der Waals surface area contributed by atoms with E-state index >= 15 is 0 Å². The van der Waals surface area contributed by atoms with Crippen LogP contribution >= 0.6 is 15.9 Å². The number of alkyl carbamates (subject to hydrolysis) is 1. The first-order valence-electron chi connectivity index (χ1n) is 6.50. The summed E-state index contributed by atoms with van der Waals surface area (Å²) in [6, 6.07) is 2.52. The number of aromatic nitrogens is 2. The minimum Gasteiger partial charge on any atom is -0.444 e. The number of benzene rings is 1. The van der Waals surface area contributed by atoms with Gasteiger partial charge in [-0.15, -0.1) is 0 Å². The van der Waals surface area contributed by atoms with Crippen LogP contribution in [0.3, 0.4) is 0 Å². The quantitative estimate of drug-likeness (QED) is 0.849. The molecule has 0 unspecified atom stereocenters. The van der Waals surface area contributed by atoms with Crippen molar-refractivity contribution in [3.63, 3.8) is 0 Å². The van der Waals surface area contributed by atoms with Crippen LogP contribution < -0.4 is 10.9 Å². The van der Waals surface area contributed by atoms with E-state index in [9.17, 15) is 14.0 Å². The molecule has 8 heteroatoms. The van der Waals surface area contributed by atoms with E-state index in [2.05, 4.69) is 31.2 Å². The van der Waals surface area contributed by atoms with Crippen molar-refractivity contribution in [1.29, 1.82) is 0 Å². The molecular weight excluding hydrogens is 357 g/mol. The molecule has 0 fully saturated rings. The van der Waals surface area contributed by atoms with Gasteiger partial charge in [0.15, 0.2) is 0 Å². The second-order valence-electron chi connectivity index (χ2n) is 5.65. The number of hydrogen-bond acceptors (Lipinski definition) is 4. The summed E-state index contributed by atoms with van der Waals surface area (Å²) in [5, 5.41) is 2.63. The van der Waals surface area contributed by atoms with Crippen LogP contribution in [0.4, 0.5) is 9.18 Å². The standard InChI is InChI=1S/C14H15BrFN3O3/c1-14(2,3)22-13(21)17-6-11-18-10-5-8(15)9(16)4-7(10)12(20)19-11/h4-5H,6H2,1-3H3,(H,17,21)(H,18,19,20). The highest BCUT2D eigenvalue weighted by Gasteiger charge is 2.16. The molecule has 2 aromatic rings. The van der Waals surface area contributed by atoms with Gasteiger partial charge in [-0.25, -0.2) is 14.2 Å².